The zero-order valence-electron chi connectivity index (χ0n) is 10.3. The summed E-state index contributed by atoms with van der Waals surface area (Å²) in [7, 11) is 0. The highest BCUT2D eigenvalue weighted by atomic mass is 35.5. The third kappa shape index (κ3) is 2.63. The van der Waals surface area contributed by atoms with Crippen LogP contribution < -0.4 is 5.73 Å². The van der Waals surface area contributed by atoms with Gasteiger partial charge in [-0.3, -0.25) is 0 Å². The molecule has 0 unspecified atom stereocenters. The maximum absolute atomic E-state index is 5.99. The summed E-state index contributed by atoms with van der Waals surface area (Å²) < 4.78 is 1.16. The molecule has 0 atom stereocenters. The van der Waals surface area contributed by atoms with Gasteiger partial charge in [-0.1, -0.05) is 29.8 Å². The van der Waals surface area contributed by atoms with Crippen LogP contribution in [0.25, 0.3) is 20.8 Å². The number of halogens is 1. The van der Waals surface area contributed by atoms with E-state index in [9.17, 15) is 0 Å². The van der Waals surface area contributed by atoms with Crippen molar-refractivity contribution in [2.24, 2.45) is 5.73 Å². The van der Waals surface area contributed by atoms with Crippen LogP contribution in [0.4, 0.5) is 0 Å². The fourth-order valence-corrected chi connectivity index (χ4v) is 3.16. The van der Waals surface area contributed by atoms with E-state index in [1.54, 1.807) is 11.3 Å². The van der Waals surface area contributed by atoms with Crippen molar-refractivity contribution in [3.8, 4) is 10.6 Å². The fraction of sp³-hybridized carbons (Fsp3) is 0.133. The van der Waals surface area contributed by atoms with Crippen LogP contribution in [0, 0.1) is 0 Å². The maximum atomic E-state index is 5.99. The van der Waals surface area contributed by atoms with E-state index in [4.69, 9.17) is 17.3 Å². The Kier molecular flexibility index (Phi) is 3.51. The molecular weight excluding hydrogens is 276 g/mol. The van der Waals surface area contributed by atoms with E-state index >= 15 is 0 Å². The summed E-state index contributed by atoms with van der Waals surface area (Å²) in [6.07, 6.45) is 0.893. The second kappa shape index (κ2) is 5.29. The molecule has 4 heteroatoms. The average molecular weight is 289 g/mol. The van der Waals surface area contributed by atoms with E-state index < -0.39 is 0 Å². The number of nitrogens with zero attached hydrogens (tertiary/aromatic N) is 1. The Hall–Kier alpha value is -1.42. The molecule has 1 heterocycles. The molecule has 19 heavy (non-hydrogen) atoms. The summed E-state index contributed by atoms with van der Waals surface area (Å²) in [5.74, 6) is 0. The molecule has 1 aromatic heterocycles. The smallest absolute Gasteiger partial charge is 0.124 e. The van der Waals surface area contributed by atoms with Crippen LogP contribution in [0.1, 0.15) is 5.56 Å². The van der Waals surface area contributed by atoms with Crippen LogP contribution >= 0.6 is 22.9 Å². The summed E-state index contributed by atoms with van der Waals surface area (Å²) in [6.45, 7) is 0.666. The van der Waals surface area contributed by atoms with E-state index in [1.165, 1.54) is 5.56 Å². The van der Waals surface area contributed by atoms with Crippen molar-refractivity contribution < 1.29 is 0 Å². The van der Waals surface area contributed by atoms with Crippen molar-refractivity contribution in [1.82, 2.24) is 4.98 Å². The number of hydrogen-bond donors (Lipinski definition) is 1. The Bertz CT molecular complexity index is 721. The van der Waals surface area contributed by atoms with Gasteiger partial charge < -0.3 is 5.73 Å². The fourth-order valence-electron chi connectivity index (χ4n) is 2.05. The van der Waals surface area contributed by atoms with Crippen molar-refractivity contribution in [3.63, 3.8) is 0 Å². The van der Waals surface area contributed by atoms with Crippen LogP contribution in [0.2, 0.25) is 5.02 Å². The number of hydrogen-bond acceptors (Lipinski definition) is 3. The van der Waals surface area contributed by atoms with Crippen molar-refractivity contribution in [2.75, 3.05) is 6.54 Å². The van der Waals surface area contributed by atoms with E-state index in [0.29, 0.717) is 6.54 Å². The lowest BCUT2D eigenvalue weighted by molar-refractivity contribution is 0.969. The first-order valence-electron chi connectivity index (χ1n) is 6.12. The number of aromatic nitrogens is 1. The Labute approximate surface area is 120 Å². The molecule has 2 nitrogen and oxygen atoms in total. The Morgan fingerprint density at radius 1 is 1.16 bits per heavy atom. The van der Waals surface area contributed by atoms with Gasteiger partial charge in [0.05, 0.1) is 10.2 Å². The van der Waals surface area contributed by atoms with Gasteiger partial charge in [0.2, 0.25) is 0 Å². The Balaban J connectivity index is 2.05. The van der Waals surface area contributed by atoms with Gasteiger partial charge in [-0.25, -0.2) is 4.98 Å². The number of rotatable bonds is 3. The van der Waals surface area contributed by atoms with E-state index in [-0.39, 0.29) is 0 Å². The molecule has 0 fully saturated rings. The van der Waals surface area contributed by atoms with Gasteiger partial charge in [-0.15, -0.1) is 11.3 Å². The zero-order chi connectivity index (χ0) is 13.2. The predicted octanol–water partition coefficient (Wildman–Crippen LogP) is 4.12. The van der Waals surface area contributed by atoms with Crippen molar-refractivity contribution >= 4 is 33.2 Å². The average Bonchev–Trinajstić information content (AvgIpc) is 2.82. The second-order valence-electron chi connectivity index (χ2n) is 4.37. The van der Waals surface area contributed by atoms with E-state index in [1.807, 2.05) is 18.2 Å². The summed E-state index contributed by atoms with van der Waals surface area (Å²) in [5, 5.41) is 1.75. The zero-order valence-corrected chi connectivity index (χ0v) is 11.8. The molecule has 0 saturated carbocycles. The highest BCUT2D eigenvalue weighted by molar-refractivity contribution is 7.21. The molecule has 0 saturated heterocycles. The quantitative estimate of drug-likeness (QED) is 0.787. The first kappa shape index (κ1) is 12.6. The largest absolute Gasteiger partial charge is 0.330 e. The number of thiazole rings is 1. The topological polar surface area (TPSA) is 38.9 Å². The van der Waals surface area contributed by atoms with Gasteiger partial charge >= 0.3 is 0 Å². The highest BCUT2D eigenvalue weighted by Gasteiger charge is 2.07. The van der Waals surface area contributed by atoms with E-state index in [0.717, 1.165) is 32.2 Å². The van der Waals surface area contributed by atoms with Gasteiger partial charge in [0.1, 0.15) is 5.01 Å². The molecule has 2 aromatic carbocycles. The third-order valence-electron chi connectivity index (χ3n) is 2.96. The van der Waals surface area contributed by atoms with Crippen LogP contribution in [-0.2, 0) is 6.42 Å². The molecule has 2 N–H and O–H groups in total. The highest BCUT2D eigenvalue weighted by Crippen LogP contribution is 2.31. The van der Waals surface area contributed by atoms with Gasteiger partial charge in [0, 0.05) is 10.6 Å². The summed E-state index contributed by atoms with van der Waals surface area (Å²) in [5.41, 5.74) is 8.94. The predicted molar refractivity (Wildman–Crippen MR) is 82.8 cm³/mol. The first-order valence-corrected chi connectivity index (χ1v) is 7.31. The molecule has 0 aliphatic rings. The van der Waals surface area contributed by atoms with Crippen LogP contribution in [0.5, 0.6) is 0 Å². The monoisotopic (exact) mass is 288 g/mol. The Morgan fingerprint density at radius 3 is 2.89 bits per heavy atom. The second-order valence-corrected chi connectivity index (χ2v) is 5.84. The first-order chi connectivity index (χ1) is 9.26. The van der Waals surface area contributed by atoms with E-state index in [2.05, 4.69) is 29.2 Å². The lowest BCUT2D eigenvalue weighted by Crippen LogP contribution is -2.02. The summed E-state index contributed by atoms with van der Waals surface area (Å²) in [6, 6.07) is 14.2. The molecule has 3 rings (SSSR count). The summed E-state index contributed by atoms with van der Waals surface area (Å²) >= 11 is 7.68. The number of nitrogens with two attached hydrogens (primary N) is 1. The van der Waals surface area contributed by atoms with Crippen molar-refractivity contribution in [1.29, 1.82) is 0 Å². The van der Waals surface area contributed by atoms with Gasteiger partial charge in [-0.05, 0) is 42.8 Å². The molecule has 3 aromatic rings. The molecule has 0 bridgehead atoms. The SMILES string of the molecule is NCCc1cccc(-c2nc3cc(Cl)ccc3s2)c1. The van der Waals surface area contributed by atoms with Crippen molar-refractivity contribution in [2.45, 2.75) is 6.42 Å². The molecular formula is C15H13ClN2S. The summed E-state index contributed by atoms with van der Waals surface area (Å²) in [4.78, 5) is 4.65. The van der Waals surface area contributed by atoms with Gasteiger partial charge in [0.25, 0.3) is 0 Å². The molecule has 0 spiro atoms. The van der Waals surface area contributed by atoms with Crippen molar-refractivity contribution in [3.05, 3.63) is 53.1 Å². The lowest BCUT2D eigenvalue weighted by atomic mass is 10.1. The van der Waals surface area contributed by atoms with Crippen LogP contribution in [0.15, 0.2) is 42.5 Å². The molecule has 96 valence electrons. The normalized spacial score (nSPS) is 11.1. The van der Waals surface area contributed by atoms with Crippen LogP contribution in [-0.4, -0.2) is 11.5 Å². The Morgan fingerprint density at radius 2 is 2.05 bits per heavy atom. The van der Waals surface area contributed by atoms with Gasteiger partial charge in [-0.2, -0.15) is 0 Å². The maximum Gasteiger partial charge on any atom is 0.124 e. The third-order valence-corrected chi connectivity index (χ3v) is 4.28. The molecule has 0 aliphatic carbocycles. The minimum absolute atomic E-state index is 0.666. The molecule has 0 amide bonds. The molecule has 0 radical (unpaired) electrons. The number of fused-ring (bicyclic) bond motifs is 1. The van der Waals surface area contributed by atoms with Gasteiger partial charge in [0.15, 0.2) is 0 Å². The number of benzene rings is 2. The minimum atomic E-state index is 0.666. The molecule has 0 aliphatic heterocycles. The standard InChI is InChI=1S/C15H13ClN2S/c16-12-4-5-14-13(9-12)18-15(19-14)11-3-1-2-10(8-11)6-7-17/h1-5,8-9H,6-7,17H2. The minimum Gasteiger partial charge on any atom is -0.330 e. The van der Waals surface area contributed by atoms with Crippen LogP contribution in [0.3, 0.4) is 0 Å². The lowest BCUT2D eigenvalue weighted by Gasteiger charge is -2.01.